The van der Waals surface area contributed by atoms with Crippen LogP contribution in [-0.4, -0.2) is 35.0 Å². The van der Waals surface area contributed by atoms with Crippen LogP contribution < -0.4 is 0 Å². The van der Waals surface area contributed by atoms with Gasteiger partial charge in [-0.15, -0.1) is 0 Å². The fourth-order valence-corrected chi connectivity index (χ4v) is 2.50. The second kappa shape index (κ2) is 4.44. The lowest BCUT2D eigenvalue weighted by molar-refractivity contribution is -0.137. The lowest BCUT2D eigenvalue weighted by Gasteiger charge is -2.16. The summed E-state index contributed by atoms with van der Waals surface area (Å²) in [7, 11) is 0. The van der Waals surface area contributed by atoms with Gasteiger partial charge < -0.3 is 10.0 Å². The zero-order valence-electron chi connectivity index (χ0n) is 9.69. The van der Waals surface area contributed by atoms with Crippen molar-refractivity contribution in [2.75, 3.05) is 13.1 Å². The Morgan fingerprint density at radius 3 is 2.69 bits per heavy atom. The van der Waals surface area contributed by atoms with Crippen molar-refractivity contribution in [2.24, 2.45) is 17.8 Å². The standard InChI is InChI=1S/C12H19NO3/c1-8-6-10(8)12(16)13-5-4-9(7-13)2-3-11(14)15/h8-10H,2-7H2,1H3,(H,14,15). The quantitative estimate of drug-likeness (QED) is 0.785. The van der Waals surface area contributed by atoms with E-state index >= 15 is 0 Å². The van der Waals surface area contributed by atoms with E-state index in [0.717, 1.165) is 25.9 Å². The number of aliphatic carboxylic acids is 1. The van der Waals surface area contributed by atoms with Gasteiger partial charge in [0.2, 0.25) is 5.91 Å². The number of hydrogen-bond acceptors (Lipinski definition) is 2. The van der Waals surface area contributed by atoms with Gasteiger partial charge in [0.1, 0.15) is 0 Å². The molecule has 1 N–H and O–H groups in total. The molecule has 2 fully saturated rings. The second-order valence-electron chi connectivity index (χ2n) is 5.19. The number of carbonyl (C=O) groups excluding carboxylic acids is 1. The van der Waals surface area contributed by atoms with Crippen molar-refractivity contribution in [3.05, 3.63) is 0 Å². The van der Waals surface area contributed by atoms with E-state index < -0.39 is 5.97 Å². The number of amides is 1. The molecule has 1 aliphatic heterocycles. The topological polar surface area (TPSA) is 57.6 Å². The Kier molecular flexibility index (Phi) is 3.17. The van der Waals surface area contributed by atoms with Crippen LogP contribution in [0, 0.1) is 17.8 Å². The minimum Gasteiger partial charge on any atom is -0.481 e. The first-order valence-corrected chi connectivity index (χ1v) is 6.08. The summed E-state index contributed by atoms with van der Waals surface area (Å²) < 4.78 is 0. The number of carboxylic acid groups (broad SMARTS) is 1. The molecule has 1 saturated heterocycles. The van der Waals surface area contributed by atoms with Crippen LogP contribution in [-0.2, 0) is 9.59 Å². The zero-order chi connectivity index (χ0) is 11.7. The molecule has 1 amide bonds. The highest BCUT2D eigenvalue weighted by Gasteiger charge is 2.42. The van der Waals surface area contributed by atoms with Gasteiger partial charge in [-0.1, -0.05) is 6.92 Å². The molecule has 0 radical (unpaired) electrons. The third-order valence-electron chi connectivity index (χ3n) is 3.79. The molecular formula is C12H19NO3. The molecule has 0 aromatic carbocycles. The summed E-state index contributed by atoms with van der Waals surface area (Å²) in [6.07, 6.45) is 2.95. The van der Waals surface area contributed by atoms with Gasteiger partial charge in [0.15, 0.2) is 0 Å². The van der Waals surface area contributed by atoms with E-state index in [-0.39, 0.29) is 12.3 Å². The summed E-state index contributed by atoms with van der Waals surface area (Å²) in [6.45, 7) is 3.71. The van der Waals surface area contributed by atoms with Crippen LogP contribution in [0.2, 0.25) is 0 Å². The number of rotatable bonds is 4. The van der Waals surface area contributed by atoms with Gasteiger partial charge in [-0.3, -0.25) is 9.59 Å². The highest BCUT2D eigenvalue weighted by Crippen LogP contribution is 2.40. The monoisotopic (exact) mass is 225 g/mol. The smallest absolute Gasteiger partial charge is 0.303 e. The van der Waals surface area contributed by atoms with E-state index in [1.807, 2.05) is 4.90 Å². The Morgan fingerprint density at radius 2 is 2.12 bits per heavy atom. The molecule has 16 heavy (non-hydrogen) atoms. The minimum atomic E-state index is -0.736. The molecular weight excluding hydrogens is 206 g/mol. The number of carbonyl (C=O) groups is 2. The maximum atomic E-state index is 11.9. The fraction of sp³-hybridized carbons (Fsp3) is 0.833. The first-order chi connectivity index (χ1) is 7.58. The maximum Gasteiger partial charge on any atom is 0.303 e. The highest BCUT2D eigenvalue weighted by atomic mass is 16.4. The van der Waals surface area contributed by atoms with Crippen LogP contribution in [0.15, 0.2) is 0 Å². The second-order valence-corrected chi connectivity index (χ2v) is 5.19. The van der Waals surface area contributed by atoms with Gasteiger partial charge >= 0.3 is 5.97 Å². The highest BCUT2D eigenvalue weighted by molar-refractivity contribution is 5.81. The normalized spacial score (nSPS) is 32.8. The summed E-state index contributed by atoms with van der Waals surface area (Å²) in [5.41, 5.74) is 0. The molecule has 3 unspecified atom stereocenters. The summed E-state index contributed by atoms with van der Waals surface area (Å²) >= 11 is 0. The van der Waals surface area contributed by atoms with Crippen LogP contribution in [0.4, 0.5) is 0 Å². The predicted molar refractivity (Wildman–Crippen MR) is 58.8 cm³/mol. The molecule has 2 aliphatic rings. The minimum absolute atomic E-state index is 0.229. The van der Waals surface area contributed by atoms with E-state index in [1.165, 1.54) is 0 Å². The van der Waals surface area contributed by atoms with E-state index in [4.69, 9.17) is 5.11 Å². The van der Waals surface area contributed by atoms with Crippen LogP contribution in [0.1, 0.15) is 32.6 Å². The van der Waals surface area contributed by atoms with Crippen molar-refractivity contribution in [1.29, 1.82) is 0 Å². The number of carboxylic acids is 1. The molecule has 0 spiro atoms. The predicted octanol–water partition coefficient (Wildman–Crippen LogP) is 1.36. The van der Waals surface area contributed by atoms with Crippen LogP contribution >= 0.6 is 0 Å². The molecule has 1 heterocycles. The fourth-order valence-electron chi connectivity index (χ4n) is 2.50. The van der Waals surface area contributed by atoms with Crippen molar-refractivity contribution in [3.8, 4) is 0 Å². The van der Waals surface area contributed by atoms with Gasteiger partial charge in [0.05, 0.1) is 0 Å². The number of nitrogens with zero attached hydrogens (tertiary/aromatic N) is 1. The summed E-state index contributed by atoms with van der Waals surface area (Å²) in [4.78, 5) is 24.3. The number of hydrogen-bond donors (Lipinski definition) is 1. The first-order valence-electron chi connectivity index (χ1n) is 6.08. The Hall–Kier alpha value is -1.06. The van der Waals surface area contributed by atoms with Gasteiger partial charge in [0, 0.05) is 25.4 Å². The number of likely N-dealkylation sites (tertiary alicyclic amines) is 1. The molecule has 0 aromatic rings. The molecule has 4 heteroatoms. The Morgan fingerprint density at radius 1 is 1.44 bits per heavy atom. The van der Waals surface area contributed by atoms with E-state index in [1.54, 1.807) is 0 Å². The molecule has 2 rings (SSSR count). The lowest BCUT2D eigenvalue weighted by atomic mass is 10.0. The summed E-state index contributed by atoms with van der Waals surface area (Å²) in [6, 6.07) is 0. The van der Waals surface area contributed by atoms with E-state index in [0.29, 0.717) is 24.2 Å². The van der Waals surface area contributed by atoms with Gasteiger partial charge in [0.25, 0.3) is 0 Å². The third-order valence-corrected chi connectivity index (χ3v) is 3.79. The Labute approximate surface area is 95.6 Å². The van der Waals surface area contributed by atoms with Crippen molar-refractivity contribution in [3.63, 3.8) is 0 Å². The molecule has 3 atom stereocenters. The molecule has 1 aliphatic carbocycles. The maximum absolute atomic E-state index is 11.9. The Balaban J connectivity index is 1.75. The van der Waals surface area contributed by atoms with E-state index in [9.17, 15) is 9.59 Å². The van der Waals surface area contributed by atoms with Crippen molar-refractivity contribution < 1.29 is 14.7 Å². The lowest BCUT2D eigenvalue weighted by Crippen LogP contribution is -2.30. The molecule has 1 saturated carbocycles. The molecule has 4 nitrogen and oxygen atoms in total. The average Bonchev–Trinajstić information content (AvgIpc) is 2.79. The zero-order valence-corrected chi connectivity index (χ0v) is 9.69. The van der Waals surface area contributed by atoms with Crippen LogP contribution in [0.5, 0.6) is 0 Å². The molecule has 0 bridgehead atoms. The SMILES string of the molecule is CC1CC1C(=O)N1CCC(CCC(=O)O)C1. The van der Waals surface area contributed by atoms with E-state index in [2.05, 4.69) is 6.92 Å². The third kappa shape index (κ3) is 2.54. The van der Waals surface area contributed by atoms with Gasteiger partial charge in [-0.05, 0) is 31.1 Å². The summed E-state index contributed by atoms with van der Waals surface area (Å²) in [5.74, 6) is 0.781. The molecule has 90 valence electrons. The van der Waals surface area contributed by atoms with Crippen molar-refractivity contribution in [1.82, 2.24) is 4.90 Å². The van der Waals surface area contributed by atoms with Crippen LogP contribution in [0.3, 0.4) is 0 Å². The molecule has 0 aromatic heterocycles. The van der Waals surface area contributed by atoms with Crippen molar-refractivity contribution >= 4 is 11.9 Å². The summed E-state index contributed by atoms with van der Waals surface area (Å²) in [5, 5.41) is 8.60. The Bertz CT molecular complexity index is 303. The van der Waals surface area contributed by atoms with Crippen LogP contribution in [0.25, 0.3) is 0 Å². The van der Waals surface area contributed by atoms with Crippen molar-refractivity contribution in [2.45, 2.75) is 32.6 Å². The average molecular weight is 225 g/mol. The van der Waals surface area contributed by atoms with Gasteiger partial charge in [-0.25, -0.2) is 0 Å². The largest absolute Gasteiger partial charge is 0.481 e. The first kappa shape index (κ1) is 11.4. The van der Waals surface area contributed by atoms with Gasteiger partial charge in [-0.2, -0.15) is 0 Å².